The van der Waals surface area contributed by atoms with Gasteiger partial charge in [0.1, 0.15) is 5.25 Å². The van der Waals surface area contributed by atoms with Crippen LogP contribution in [0.3, 0.4) is 0 Å². The average Bonchev–Trinajstić information content (AvgIpc) is 3.07. The molecule has 144 valence electrons. The zero-order valence-corrected chi connectivity index (χ0v) is 16.9. The van der Waals surface area contributed by atoms with Crippen molar-refractivity contribution in [2.45, 2.75) is 18.1 Å². The topological polar surface area (TPSA) is 65.2 Å². The summed E-state index contributed by atoms with van der Waals surface area (Å²) in [5, 5.41) is 0.463. The summed E-state index contributed by atoms with van der Waals surface area (Å²) >= 11 is 0. The molecule has 1 aromatic heterocycles. The van der Waals surface area contributed by atoms with Gasteiger partial charge in [0.05, 0.1) is 0 Å². The van der Waals surface area contributed by atoms with Crippen LogP contribution in [0.4, 0.5) is 0 Å². The summed E-state index contributed by atoms with van der Waals surface area (Å²) < 4.78 is 28.0. The molecular formula is C21H27N3O2S. The molecule has 2 N–H and O–H groups in total. The standard InChI is InChI=1S/C21H27N3O2S/c1-22-27(25,26)21(13-16-7-5-4-6-8-16)17-9-10-20-19(14-17)18(15-23-20)11-12-24(2)3/h4-10,14-15,21-23H,11-13H2,1-3H3. The van der Waals surface area contributed by atoms with Crippen LogP contribution in [0.15, 0.2) is 54.7 Å². The summed E-state index contributed by atoms with van der Waals surface area (Å²) in [7, 11) is 2.11. The maximum Gasteiger partial charge on any atom is 0.218 e. The molecule has 1 unspecified atom stereocenters. The van der Waals surface area contributed by atoms with Gasteiger partial charge >= 0.3 is 0 Å². The lowest BCUT2D eigenvalue weighted by Gasteiger charge is -2.18. The highest BCUT2D eigenvalue weighted by Crippen LogP contribution is 2.30. The van der Waals surface area contributed by atoms with Gasteiger partial charge in [-0.1, -0.05) is 36.4 Å². The highest BCUT2D eigenvalue weighted by atomic mass is 32.2. The van der Waals surface area contributed by atoms with Crippen LogP contribution in [0.25, 0.3) is 10.9 Å². The van der Waals surface area contributed by atoms with Crippen LogP contribution in [0.5, 0.6) is 0 Å². The molecule has 0 aliphatic carbocycles. The number of nitrogens with zero attached hydrogens (tertiary/aromatic N) is 1. The van der Waals surface area contributed by atoms with Crippen LogP contribution in [0, 0.1) is 0 Å². The molecule has 0 amide bonds. The summed E-state index contributed by atoms with van der Waals surface area (Å²) in [5.41, 5.74) is 4.06. The fourth-order valence-corrected chi connectivity index (χ4v) is 4.53. The van der Waals surface area contributed by atoms with Crippen molar-refractivity contribution in [1.82, 2.24) is 14.6 Å². The van der Waals surface area contributed by atoms with Crippen LogP contribution in [-0.2, 0) is 22.9 Å². The molecule has 6 heteroatoms. The first-order valence-corrected chi connectivity index (χ1v) is 10.7. The first kappa shape index (κ1) is 19.6. The summed E-state index contributed by atoms with van der Waals surface area (Å²) in [4.78, 5) is 5.44. The zero-order chi connectivity index (χ0) is 19.4. The molecule has 0 saturated carbocycles. The van der Waals surface area contributed by atoms with Crippen molar-refractivity contribution in [3.05, 3.63) is 71.4 Å². The van der Waals surface area contributed by atoms with Crippen LogP contribution >= 0.6 is 0 Å². The third-order valence-corrected chi connectivity index (χ3v) is 6.67. The molecule has 1 heterocycles. The number of hydrogen-bond donors (Lipinski definition) is 2. The Labute approximate surface area is 161 Å². The number of H-pyrrole nitrogens is 1. The van der Waals surface area contributed by atoms with Gasteiger partial charge in [0.2, 0.25) is 10.0 Å². The predicted molar refractivity (Wildman–Crippen MR) is 111 cm³/mol. The van der Waals surface area contributed by atoms with Gasteiger partial charge in [-0.25, -0.2) is 13.1 Å². The molecule has 2 aromatic carbocycles. The van der Waals surface area contributed by atoms with Crippen molar-refractivity contribution >= 4 is 20.9 Å². The number of fused-ring (bicyclic) bond motifs is 1. The Kier molecular flexibility index (Phi) is 5.99. The first-order valence-electron chi connectivity index (χ1n) is 9.11. The molecule has 3 rings (SSSR count). The van der Waals surface area contributed by atoms with E-state index in [1.807, 2.05) is 54.7 Å². The lowest BCUT2D eigenvalue weighted by atomic mass is 10.0. The lowest BCUT2D eigenvalue weighted by Crippen LogP contribution is -2.27. The van der Waals surface area contributed by atoms with Crippen LogP contribution < -0.4 is 4.72 Å². The maximum absolute atomic E-state index is 12.8. The van der Waals surface area contributed by atoms with E-state index in [0.717, 1.165) is 35.0 Å². The van der Waals surface area contributed by atoms with Crippen molar-refractivity contribution in [3.8, 4) is 0 Å². The number of rotatable bonds is 8. The Morgan fingerprint density at radius 2 is 1.85 bits per heavy atom. The maximum atomic E-state index is 12.8. The molecule has 27 heavy (non-hydrogen) atoms. The van der Waals surface area contributed by atoms with E-state index in [-0.39, 0.29) is 0 Å². The summed E-state index contributed by atoms with van der Waals surface area (Å²) in [6, 6.07) is 15.7. The van der Waals surface area contributed by atoms with Crippen molar-refractivity contribution in [2.75, 3.05) is 27.7 Å². The van der Waals surface area contributed by atoms with E-state index < -0.39 is 15.3 Å². The van der Waals surface area contributed by atoms with E-state index in [4.69, 9.17) is 0 Å². The van der Waals surface area contributed by atoms with E-state index >= 15 is 0 Å². The normalized spacial score (nSPS) is 13.3. The molecule has 1 atom stereocenters. The molecule has 3 aromatic rings. The molecule has 0 spiro atoms. The van der Waals surface area contributed by atoms with Crippen LogP contribution in [-0.4, -0.2) is 46.0 Å². The van der Waals surface area contributed by atoms with E-state index in [0.29, 0.717) is 6.42 Å². The quantitative estimate of drug-likeness (QED) is 0.626. The Balaban J connectivity index is 2.00. The van der Waals surface area contributed by atoms with Gasteiger partial charge in [-0.05, 0) is 62.8 Å². The SMILES string of the molecule is CNS(=O)(=O)C(Cc1ccccc1)c1ccc2[nH]cc(CCN(C)C)c2c1. The Morgan fingerprint density at radius 1 is 1.11 bits per heavy atom. The molecular weight excluding hydrogens is 358 g/mol. The van der Waals surface area contributed by atoms with Gasteiger partial charge in [0.15, 0.2) is 0 Å². The summed E-state index contributed by atoms with van der Waals surface area (Å²) in [6.45, 7) is 0.944. The smallest absolute Gasteiger partial charge is 0.218 e. The average molecular weight is 386 g/mol. The van der Waals surface area contributed by atoms with Crippen molar-refractivity contribution in [2.24, 2.45) is 0 Å². The van der Waals surface area contributed by atoms with Crippen molar-refractivity contribution in [3.63, 3.8) is 0 Å². The number of hydrogen-bond acceptors (Lipinski definition) is 3. The first-order chi connectivity index (χ1) is 12.9. The van der Waals surface area contributed by atoms with Gasteiger partial charge in [0, 0.05) is 23.6 Å². The van der Waals surface area contributed by atoms with Gasteiger partial charge in [-0.2, -0.15) is 0 Å². The Bertz CT molecular complexity index is 995. The lowest BCUT2D eigenvalue weighted by molar-refractivity contribution is 0.414. The molecule has 0 bridgehead atoms. The highest BCUT2D eigenvalue weighted by molar-refractivity contribution is 7.89. The third-order valence-electron chi connectivity index (χ3n) is 4.91. The predicted octanol–water partition coefficient (Wildman–Crippen LogP) is 3.11. The second kappa shape index (κ2) is 8.25. The van der Waals surface area contributed by atoms with E-state index in [9.17, 15) is 8.42 Å². The van der Waals surface area contributed by atoms with E-state index in [2.05, 4.69) is 28.7 Å². The van der Waals surface area contributed by atoms with Gasteiger partial charge in [-0.15, -0.1) is 0 Å². The largest absolute Gasteiger partial charge is 0.361 e. The number of nitrogens with one attached hydrogen (secondary N) is 2. The number of benzene rings is 2. The molecule has 0 radical (unpaired) electrons. The Hall–Kier alpha value is -2.15. The molecule has 5 nitrogen and oxygen atoms in total. The third kappa shape index (κ3) is 4.58. The minimum atomic E-state index is -3.47. The zero-order valence-electron chi connectivity index (χ0n) is 16.1. The van der Waals surface area contributed by atoms with Crippen molar-refractivity contribution < 1.29 is 8.42 Å². The highest BCUT2D eigenvalue weighted by Gasteiger charge is 2.26. The number of aromatic nitrogens is 1. The molecule has 0 aliphatic rings. The van der Waals surface area contributed by atoms with E-state index in [1.165, 1.54) is 12.6 Å². The van der Waals surface area contributed by atoms with Gasteiger partial charge in [-0.3, -0.25) is 0 Å². The second-order valence-corrected chi connectivity index (χ2v) is 9.17. The van der Waals surface area contributed by atoms with Crippen molar-refractivity contribution in [1.29, 1.82) is 0 Å². The molecule has 0 saturated heterocycles. The Morgan fingerprint density at radius 3 is 2.52 bits per heavy atom. The second-order valence-electron chi connectivity index (χ2n) is 7.10. The summed E-state index contributed by atoms with van der Waals surface area (Å²) in [6.07, 6.45) is 3.38. The number of likely N-dealkylation sites (N-methyl/N-ethyl adjacent to an activating group) is 1. The number of sulfonamides is 1. The monoisotopic (exact) mass is 385 g/mol. The summed E-state index contributed by atoms with van der Waals surface area (Å²) in [5.74, 6) is 0. The van der Waals surface area contributed by atoms with Crippen LogP contribution in [0.2, 0.25) is 0 Å². The minimum absolute atomic E-state index is 0.437. The number of aromatic amines is 1. The van der Waals surface area contributed by atoms with E-state index in [1.54, 1.807) is 0 Å². The molecule has 0 fully saturated rings. The van der Waals surface area contributed by atoms with Crippen LogP contribution in [0.1, 0.15) is 21.9 Å². The van der Waals surface area contributed by atoms with Gasteiger partial charge in [0.25, 0.3) is 0 Å². The fourth-order valence-electron chi connectivity index (χ4n) is 3.32. The fraction of sp³-hybridized carbons (Fsp3) is 0.333. The minimum Gasteiger partial charge on any atom is -0.361 e. The van der Waals surface area contributed by atoms with Gasteiger partial charge < -0.3 is 9.88 Å². The molecule has 0 aliphatic heterocycles.